The van der Waals surface area contributed by atoms with E-state index in [1.165, 1.54) is 5.56 Å². The van der Waals surface area contributed by atoms with Crippen LogP contribution in [0.25, 0.3) is 0 Å². The maximum absolute atomic E-state index is 11.6. The highest BCUT2D eigenvalue weighted by molar-refractivity contribution is 7.91. The number of nitrogens with zero attached hydrogens (tertiary/aromatic N) is 1. The van der Waals surface area contributed by atoms with Crippen molar-refractivity contribution >= 4 is 17.6 Å². The third-order valence-electron chi connectivity index (χ3n) is 2.10. The molecule has 0 aromatic heterocycles. The molecule has 0 spiro atoms. The molecule has 0 amide bonds. The van der Waals surface area contributed by atoms with Crippen LogP contribution in [0.2, 0.25) is 0 Å². The maximum atomic E-state index is 11.6. The van der Waals surface area contributed by atoms with Crippen LogP contribution in [0.3, 0.4) is 0 Å². The minimum Gasteiger partial charge on any atom is -0.591 e. The van der Waals surface area contributed by atoms with E-state index in [2.05, 4.69) is 16.5 Å². The lowest BCUT2D eigenvalue weighted by Gasteiger charge is -2.17. The Labute approximate surface area is 101 Å². The minimum absolute atomic E-state index is 0.261. The van der Waals surface area contributed by atoms with Crippen molar-refractivity contribution in [3.05, 3.63) is 35.9 Å². The molecule has 2 nitrogen and oxygen atoms in total. The SMILES string of the molecule is CC(C)(C)[S+]([O-])N=CCCc1ccccc1. The molecule has 16 heavy (non-hydrogen) atoms. The molecule has 0 saturated heterocycles. The van der Waals surface area contributed by atoms with Crippen molar-refractivity contribution in [2.24, 2.45) is 4.40 Å². The lowest BCUT2D eigenvalue weighted by atomic mass is 10.1. The van der Waals surface area contributed by atoms with E-state index in [1.54, 1.807) is 6.21 Å². The van der Waals surface area contributed by atoms with Gasteiger partial charge in [-0.1, -0.05) is 34.7 Å². The van der Waals surface area contributed by atoms with Crippen molar-refractivity contribution in [1.82, 2.24) is 0 Å². The Morgan fingerprint density at radius 3 is 2.44 bits per heavy atom. The molecule has 0 saturated carbocycles. The Balaban J connectivity index is 2.34. The standard InChI is InChI=1S/C13H19NOS/c1-13(2,3)16(15)14-11-7-10-12-8-5-4-6-9-12/h4-6,8-9,11H,7,10H2,1-3H3. The summed E-state index contributed by atoms with van der Waals surface area (Å²) in [5, 5.41) is 0. The zero-order valence-electron chi connectivity index (χ0n) is 10.1. The van der Waals surface area contributed by atoms with E-state index in [-0.39, 0.29) is 4.75 Å². The predicted molar refractivity (Wildman–Crippen MR) is 71.2 cm³/mol. The van der Waals surface area contributed by atoms with Crippen LogP contribution < -0.4 is 0 Å². The Kier molecular flexibility index (Phi) is 5.03. The molecule has 0 N–H and O–H groups in total. The van der Waals surface area contributed by atoms with Gasteiger partial charge in [0, 0.05) is 0 Å². The van der Waals surface area contributed by atoms with Crippen LogP contribution in [0, 0.1) is 0 Å². The lowest BCUT2D eigenvalue weighted by Crippen LogP contribution is -2.25. The summed E-state index contributed by atoms with van der Waals surface area (Å²) >= 11 is -1.13. The molecule has 1 rings (SSSR count). The van der Waals surface area contributed by atoms with E-state index in [9.17, 15) is 4.55 Å². The van der Waals surface area contributed by atoms with Gasteiger partial charge in [-0.15, -0.1) is 0 Å². The summed E-state index contributed by atoms with van der Waals surface area (Å²) in [6.07, 6.45) is 3.56. The van der Waals surface area contributed by atoms with E-state index < -0.39 is 11.4 Å². The van der Waals surface area contributed by atoms with Gasteiger partial charge in [-0.3, -0.25) is 0 Å². The van der Waals surface area contributed by atoms with Crippen molar-refractivity contribution in [2.75, 3.05) is 0 Å². The van der Waals surface area contributed by atoms with Gasteiger partial charge in [-0.05, 0) is 39.2 Å². The highest BCUT2D eigenvalue weighted by Crippen LogP contribution is 2.16. The fourth-order valence-electron chi connectivity index (χ4n) is 1.15. The Bertz CT molecular complexity index is 330. The first kappa shape index (κ1) is 13.3. The van der Waals surface area contributed by atoms with Crippen molar-refractivity contribution < 1.29 is 4.55 Å². The summed E-state index contributed by atoms with van der Waals surface area (Å²) in [6, 6.07) is 10.2. The fraction of sp³-hybridized carbons (Fsp3) is 0.462. The molecule has 0 heterocycles. The van der Waals surface area contributed by atoms with Crippen molar-refractivity contribution in [3.8, 4) is 0 Å². The molecule has 0 radical (unpaired) electrons. The summed E-state index contributed by atoms with van der Waals surface area (Å²) < 4.78 is 15.4. The molecule has 1 unspecified atom stereocenters. The number of hydrogen-bond acceptors (Lipinski definition) is 2. The first-order valence-corrected chi connectivity index (χ1v) is 6.59. The second-order valence-electron chi connectivity index (χ2n) is 4.67. The van der Waals surface area contributed by atoms with Gasteiger partial charge in [-0.2, -0.15) is 0 Å². The lowest BCUT2D eigenvalue weighted by molar-refractivity contribution is 0.561. The quantitative estimate of drug-likeness (QED) is 0.585. The molecule has 0 bridgehead atoms. The molecule has 0 aliphatic heterocycles. The Morgan fingerprint density at radius 2 is 1.88 bits per heavy atom. The van der Waals surface area contributed by atoms with Crippen LogP contribution >= 0.6 is 0 Å². The average Bonchev–Trinajstić information content (AvgIpc) is 2.24. The zero-order chi connectivity index (χ0) is 12.0. The second-order valence-corrected chi connectivity index (χ2v) is 6.61. The zero-order valence-corrected chi connectivity index (χ0v) is 11.0. The van der Waals surface area contributed by atoms with E-state index in [0.29, 0.717) is 0 Å². The van der Waals surface area contributed by atoms with Crippen molar-refractivity contribution in [1.29, 1.82) is 0 Å². The second kappa shape index (κ2) is 6.06. The largest absolute Gasteiger partial charge is 0.591 e. The van der Waals surface area contributed by atoms with E-state index in [1.807, 2.05) is 39.0 Å². The molecular formula is C13H19NOS. The summed E-state index contributed by atoms with van der Waals surface area (Å²) in [5.74, 6) is 0. The molecule has 1 aromatic carbocycles. The van der Waals surface area contributed by atoms with Gasteiger partial charge in [0.2, 0.25) is 0 Å². The highest BCUT2D eigenvalue weighted by Gasteiger charge is 2.25. The van der Waals surface area contributed by atoms with Crippen molar-refractivity contribution in [2.45, 2.75) is 38.4 Å². The van der Waals surface area contributed by atoms with E-state index in [0.717, 1.165) is 12.8 Å². The van der Waals surface area contributed by atoms with Crippen molar-refractivity contribution in [3.63, 3.8) is 0 Å². The fourth-order valence-corrected chi connectivity index (χ4v) is 1.71. The monoisotopic (exact) mass is 237 g/mol. The van der Waals surface area contributed by atoms with Crippen LogP contribution in [0.4, 0.5) is 0 Å². The summed E-state index contributed by atoms with van der Waals surface area (Å²) in [5.41, 5.74) is 1.29. The van der Waals surface area contributed by atoms with Crippen LogP contribution in [-0.4, -0.2) is 15.5 Å². The van der Waals surface area contributed by atoms with Crippen LogP contribution in [0.15, 0.2) is 34.7 Å². The maximum Gasteiger partial charge on any atom is 0.144 e. The predicted octanol–water partition coefficient (Wildman–Crippen LogP) is 3.15. The third-order valence-corrected chi connectivity index (χ3v) is 3.49. The summed E-state index contributed by atoms with van der Waals surface area (Å²) in [6.45, 7) is 5.78. The molecule has 0 fully saturated rings. The third kappa shape index (κ3) is 4.81. The van der Waals surface area contributed by atoms with E-state index >= 15 is 0 Å². The Hall–Kier alpha value is -0.800. The smallest absolute Gasteiger partial charge is 0.144 e. The average molecular weight is 237 g/mol. The van der Waals surface area contributed by atoms with E-state index in [4.69, 9.17) is 0 Å². The Morgan fingerprint density at radius 1 is 1.25 bits per heavy atom. The molecule has 88 valence electrons. The number of hydrogen-bond donors (Lipinski definition) is 0. The molecular weight excluding hydrogens is 218 g/mol. The first-order chi connectivity index (χ1) is 7.50. The molecule has 3 heteroatoms. The van der Waals surface area contributed by atoms with Gasteiger partial charge in [-0.25, -0.2) is 0 Å². The van der Waals surface area contributed by atoms with Gasteiger partial charge in [0.05, 0.1) is 6.21 Å². The van der Waals surface area contributed by atoms with Gasteiger partial charge in [0.1, 0.15) is 16.1 Å². The van der Waals surface area contributed by atoms with Crippen LogP contribution in [0.1, 0.15) is 32.8 Å². The normalized spacial score (nSPS) is 14.2. The molecule has 0 aliphatic carbocycles. The van der Waals surface area contributed by atoms with Gasteiger partial charge >= 0.3 is 0 Å². The number of benzene rings is 1. The van der Waals surface area contributed by atoms with Gasteiger partial charge in [0.15, 0.2) is 0 Å². The topological polar surface area (TPSA) is 35.4 Å². The molecule has 1 aromatic rings. The molecule has 0 aliphatic rings. The van der Waals surface area contributed by atoms with Gasteiger partial charge < -0.3 is 4.55 Å². The first-order valence-electron chi connectivity index (χ1n) is 5.48. The summed E-state index contributed by atoms with van der Waals surface area (Å²) in [4.78, 5) is 0. The molecule has 1 atom stereocenters. The summed E-state index contributed by atoms with van der Waals surface area (Å²) in [7, 11) is 0. The minimum atomic E-state index is -1.13. The number of rotatable bonds is 4. The number of aryl methyl sites for hydroxylation is 1. The van der Waals surface area contributed by atoms with Gasteiger partial charge in [0.25, 0.3) is 0 Å². The van der Waals surface area contributed by atoms with Crippen LogP contribution in [0.5, 0.6) is 0 Å². The van der Waals surface area contributed by atoms with Crippen LogP contribution in [-0.2, 0) is 17.8 Å². The highest BCUT2D eigenvalue weighted by atomic mass is 32.2.